The summed E-state index contributed by atoms with van der Waals surface area (Å²) in [6.07, 6.45) is 1.62. The molecule has 0 aliphatic heterocycles. The van der Waals surface area contributed by atoms with Gasteiger partial charge in [0.25, 0.3) is 11.8 Å². The number of rotatable bonds is 7. The van der Waals surface area contributed by atoms with Gasteiger partial charge < -0.3 is 19.4 Å². The summed E-state index contributed by atoms with van der Waals surface area (Å²) in [4.78, 5) is 17.3. The van der Waals surface area contributed by atoms with E-state index in [0.29, 0.717) is 17.8 Å². The Bertz CT molecular complexity index is 1350. The van der Waals surface area contributed by atoms with Crippen molar-refractivity contribution in [2.45, 2.75) is 13.0 Å². The van der Waals surface area contributed by atoms with Gasteiger partial charge in [-0.1, -0.05) is 0 Å². The van der Waals surface area contributed by atoms with E-state index in [1.807, 2.05) is 22.1 Å². The van der Waals surface area contributed by atoms with E-state index < -0.39 is 12.3 Å². The van der Waals surface area contributed by atoms with E-state index in [1.54, 1.807) is 11.8 Å². The van der Waals surface area contributed by atoms with Crippen molar-refractivity contribution in [2.75, 3.05) is 11.9 Å². The van der Waals surface area contributed by atoms with Crippen LogP contribution >= 0.6 is 11.3 Å². The molecule has 4 heterocycles. The Morgan fingerprint density at radius 3 is 2.66 bits per heavy atom. The molecule has 32 heavy (non-hydrogen) atoms. The van der Waals surface area contributed by atoms with Gasteiger partial charge in [-0.25, -0.2) is 19.9 Å². The van der Waals surface area contributed by atoms with Gasteiger partial charge in [0.2, 0.25) is 5.95 Å². The van der Waals surface area contributed by atoms with Gasteiger partial charge in [-0.15, -0.1) is 21.5 Å². The molecular weight excluding hydrogens is 442 g/mol. The summed E-state index contributed by atoms with van der Waals surface area (Å²) in [5.74, 6) is -0.573. The molecule has 0 radical (unpaired) electrons. The van der Waals surface area contributed by atoms with Crippen molar-refractivity contribution in [3.8, 4) is 22.7 Å². The number of benzene rings is 1. The van der Waals surface area contributed by atoms with E-state index in [1.165, 1.54) is 23.7 Å². The molecule has 0 bridgehead atoms. The molecule has 1 aromatic carbocycles. The first-order valence-corrected chi connectivity index (χ1v) is 10.3. The van der Waals surface area contributed by atoms with Crippen LogP contribution in [-0.4, -0.2) is 46.4 Å². The highest BCUT2D eigenvalue weighted by molar-refractivity contribution is 7.07. The highest BCUT2D eigenvalue weighted by Gasteiger charge is 2.18. The van der Waals surface area contributed by atoms with E-state index in [2.05, 4.69) is 35.5 Å². The lowest BCUT2D eigenvalue weighted by Gasteiger charge is -2.09. The molecule has 4 aromatic heterocycles. The molecule has 0 amide bonds. The number of fused-ring (bicyclic) bond motifs is 1. The zero-order valence-electron chi connectivity index (χ0n) is 16.2. The fraction of sp³-hybridized carbons (Fsp3) is 0.158. The Balaban J connectivity index is 1.47. The zero-order chi connectivity index (χ0) is 22.1. The standard InChI is InChI=1S/C19H14F2N8O2S/c20-16(21)18-28-27-17(31-18)10-5-22-19(23-6-10)26-11-3-12(13-7-32-9-25-13)15-14(4-11)29(1-2-30)8-24-15/h3-9,16,30H,1-2H2,(H,22,23,26). The number of alkyl halides is 2. The third-order valence-corrected chi connectivity index (χ3v) is 5.14. The number of hydrogen-bond donors (Lipinski definition) is 2. The van der Waals surface area contributed by atoms with Gasteiger partial charge in [0, 0.05) is 35.6 Å². The number of nitrogens with zero attached hydrogens (tertiary/aromatic N) is 7. The number of aliphatic hydroxyl groups is 1. The van der Waals surface area contributed by atoms with Gasteiger partial charge >= 0.3 is 6.43 Å². The van der Waals surface area contributed by atoms with Crippen LogP contribution in [0.4, 0.5) is 20.4 Å². The molecule has 0 atom stereocenters. The number of aliphatic hydroxyl groups excluding tert-OH is 1. The summed E-state index contributed by atoms with van der Waals surface area (Å²) in [7, 11) is 0. The average molecular weight is 456 g/mol. The van der Waals surface area contributed by atoms with Crippen LogP contribution in [-0.2, 0) is 6.54 Å². The van der Waals surface area contributed by atoms with E-state index in [-0.39, 0.29) is 18.4 Å². The monoisotopic (exact) mass is 456 g/mol. The molecule has 5 rings (SSSR count). The van der Waals surface area contributed by atoms with Crippen LogP contribution < -0.4 is 5.32 Å². The fourth-order valence-electron chi connectivity index (χ4n) is 3.13. The van der Waals surface area contributed by atoms with Crippen LogP contribution in [0.3, 0.4) is 0 Å². The molecule has 0 spiro atoms. The van der Waals surface area contributed by atoms with Crippen LogP contribution in [0, 0.1) is 0 Å². The summed E-state index contributed by atoms with van der Waals surface area (Å²) >= 11 is 1.48. The summed E-state index contributed by atoms with van der Waals surface area (Å²) < 4.78 is 32.0. The van der Waals surface area contributed by atoms with Crippen molar-refractivity contribution in [2.24, 2.45) is 0 Å². The van der Waals surface area contributed by atoms with Crippen LogP contribution in [0.1, 0.15) is 12.3 Å². The Kier molecular flexibility index (Phi) is 5.25. The van der Waals surface area contributed by atoms with E-state index >= 15 is 0 Å². The minimum Gasteiger partial charge on any atom is -0.415 e. The minimum atomic E-state index is -2.85. The SMILES string of the molecule is OCCn1cnc2c(-c3cscn3)cc(Nc3ncc(-c4nnc(C(F)F)o4)cn3)cc21. The van der Waals surface area contributed by atoms with Crippen molar-refractivity contribution < 1.29 is 18.3 Å². The Morgan fingerprint density at radius 2 is 1.97 bits per heavy atom. The molecule has 10 nitrogen and oxygen atoms in total. The van der Waals surface area contributed by atoms with Crippen LogP contribution in [0.25, 0.3) is 33.7 Å². The second kappa shape index (κ2) is 8.36. The minimum absolute atomic E-state index is 0.0251. The van der Waals surface area contributed by atoms with Gasteiger partial charge in [0.15, 0.2) is 0 Å². The lowest BCUT2D eigenvalue weighted by atomic mass is 10.1. The van der Waals surface area contributed by atoms with Gasteiger partial charge in [-0.05, 0) is 12.1 Å². The van der Waals surface area contributed by atoms with Gasteiger partial charge in [0.1, 0.15) is 0 Å². The van der Waals surface area contributed by atoms with Crippen molar-refractivity contribution in [3.63, 3.8) is 0 Å². The molecule has 13 heteroatoms. The predicted octanol–water partition coefficient (Wildman–Crippen LogP) is 3.67. The van der Waals surface area contributed by atoms with Crippen LogP contribution in [0.2, 0.25) is 0 Å². The van der Waals surface area contributed by atoms with Gasteiger partial charge in [-0.3, -0.25) is 0 Å². The second-order valence-electron chi connectivity index (χ2n) is 6.59. The Morgan fingerprint density at radius 1 is 1.12 bits per heavy atom. The third kappa shape index (κ3) is 3.78. The van der Waals surface area contributed by atoms with Crippen molar-refractivity contribution in [1.82, 2.24) is 34.7 Å². The lowest BCUT2D eigenvalue weighted by Crippen LogP contribution is -2.01. The van der Waals surface area contributed by atoms with Crippen LogP contribution in [0.15, 0.2) is 46.2 Å². The summed E-state index contributed by atoms with van der Waals surface area (Å²) in [5.41, 5.74) is 5.92. The quantitative estimate of drug-likeness (QED) is 0.377. The molecule has 2 N–H and O–H groups in total. The molecule has 162 valence electrons. The second-order valence-corrected chi connectivity index (χ2v) is 7.31. The maximum Gasteiger partial charge on any atom is 0.314 e. The lowest BCUT2D eigenvalue weighted by molar-refractivity contribution is 0.116. The van der Waals surface area contributed by atoms with E-state index in [4.69, 9.17) is 4.42 Å². The number of thiazole rings is 1. The van der Waals surface area contributed by atoms with Gasteiger partial charge in [0.05, 0.1) is 40.7 Å². The van der Waals surface area contributed by atoms with E-state index in [0.717, 1.165) is 22.3 Å². The average Bonchev–Trinajstić information content (AvgIpc) is 3.56. The fourth-order valence-corrected chi connectivity index (χ4v) is 3.69. The van der Waals surface area contributed by atoms with Crippen molar-refractivity contribution >= 4 is 34.0 Å². The molecule has 0 fully saturated rings. The van der Waals surface area contributed by atoms with E-state index in [9.17, 15) is 13.9 Å². The number of halogens is 2. The molecule has 0 aliphatic rings. The number of anilines is 2. The molecule has 0 saturated carbocycles. The smallest absolute Gasteiger partial charge is 0.314 e. The Hall–Kier alpha value is -3.84. The van der Waals surface area contributed by atoms with Crippen LogP contribution in [0.5, 0.6) is 0 Å². The normalized spacial score (nSPS) is 11.5. The first-order valence-electron chi connectivity index (χ1n) is 9.31. The first-order chi connectivity index (χ1) is 15.6. The molecule has 5 aromatic rings. The maximum atomic E-state index is 12.6. The first kappa shape index (κ1) is 20.1. The number of aromatic nitrogens is 7. The highest BCUT2D eigenvalue weighted by atomic mass is 32.1. The van der Waals surface area contributed by atoms with Gasteiger partial charge in [-0.2, -0.15) is 8.78 Å². The van der Waals surface area contributed by atoms with Crippen molar-refractivity contribution in [1.29, 1.82) is 0 Å². The molecule has 0 unspecified atom stereocenters. The third-order valence-electron chi connectivity index (χ3n) is 4.56. The largest absolute Gasteiger partial charge is 0.415 e. The summed E-state index contributed by atoms with van der Waals surface area (Å²) in [5, 5.41) is 21.3. The number of nitrogens with one attached hydrogen (secondary N) is 1. The topological polar surface area (TPSA) is 128 Å². The Labute approximate surface area is 182 Å². The van der Waals surface area contributed by atoms with Crippen molar-refractivity contribution in [3.05, 3.63) is 47.6 Å². The number of imidazole rings is 1. The predicted molar refractivity (Wildman–Crippen MR) is 111 cm³/mol. The zero-order valence-corrected chi connectivity index (χ0v) is 17.0. The maximum absolute atomic E-state index is 12.6. The highest BCUT2D eigenvalue weighted by Crippen LogP contribution is 2.32. The molecule has 0 aliphatic carbocycles. The summed E-state index contributed by atoms with van der Waals surface area (Å²) in [6, 6.07) is 3.76. The molecule has 0 saturated heterocycles. The molecular formula is C19H14F2N8O2S. The number of hydrogen-bond acceptors (Lipinski definition) is 10. The summed E-state index contributed by atoms with van der Waals surface area (Å²) in [6.45, 7) is 0.370.